The second kappa shape index (κ2) is 9.35. The number of carbonyl (C=O) groups is 1. The van der Waals surface area contributed by atoms with Gasteiger partial charge < -0.3 is 4.90 Å². The second-order valence-electron chi connectivity index (χ2n) is 7.41. The second-order valence-corrected chi connectivity index (χ2v) is 8.72. The Bertz CT molecular complexity index is 737. The molecule has 0 spiro atoms. The van der Waals surface area contributed by atoms with Crippen molar-refractivity contribution in [2.24, 2.45) is 5.92 Å². The van der Waals surface area contributed by atoms with Gasteiger partial charge in [-0.2, -0.15) is 4.68 Å². The third-order valence-corrected chi connectivity index (χ3v) is 6.19. The van der Waals surface area contributed by atoms with E-state index in [0.29, 0.717) is 11.1 Å². The van der Waals surface area contributed by atoms with Gasteiger partial charge >= 0.3 is 0 Å². The lowest BCUT2D eigenvalue weighted by Crippen LogP contribution is -2.41. The topological polar surface area (TPSA) is 63.9 Å². The maximum atomic E-state index is 12.8. The summed E-state index contributed by atoms with van der Waals surface area (Å²) in [6.45, 7) is 8.11. The highest BCUT2D eigenvalue weighted by Gasteiger charge is 2.26. The molecule has 1 saturated heterocycles. The van der Waals surface area contributed by atoms with Crippen LogP contribution in [0.2, 0.25) is 0 Å². The van der Waals surface area contributed by atoms with Gasteiger partial charge in [-0.3, -0.25) is 4.79 Å². The fourth-order valence-electron chi connectivity index (χ4n) is 3.29. The Hall–Kier alpha value is -1.89. The molecule has 1 aliphatic heterocycles. The van der Waals surface area contributed by atoms with Crippen LogP contribution in [0.1, 0.15) is 52.0 Å². The van der Waals surface area contributed by atoms with E-state index in [-0.39, 0.29) is 11.2 Å². The highest BCUT2D eigenvalue weighted by Crippen LogP contribution is 2.26. The summed E-state index contributed by atoms with van der Waals surface area (Å²) in [7, 11) is 0. The van der Waals surface area contributed by atoms with Crippen molar-refractivity contribution in [3.63, 3.8) is 0 Å². The predicted molar refractivity (Wildman–Crippen MR) is 108 cm³/mol. The fraction of sp³-hybridized carbons (Fsp3) is 0.600. The van der Waals surface area contributed by atoms with Crippen molar-refractivity contribution >= 4 is 17.7 Å². The lowest BCUT2D eigenvalue weighted by molar-refractivity contribution is -0.131. The molecule has 0 radical (unpaired) electrons. The molecule has 1 unspecified atom stereocenters. The monoisotopic (exact) mass is 387 g/mol. The van der Waals surface area contributed by atoms with Gasteiger partial charge in [0.2, 0.25) is 11.1 Å². The minimum Gasteiger partial charge on any atom is -0.342 e. The Morgan fingerprint density at radius 2 is 1.96 bits per heavy atom. The van der Waals surface area contributed by atoms with Crippen molar-refractivity contribution in [3.8, 4) is 5.69 Å². The van der Waals surface area contributed by atoms with Crippen LogP contribution < -0.4 is 0 Å². The SMILES string of the molecule is CCCCc1ccc(-n2nnnc2SC(C)C(=O)N2CCC(C)CC2)cc1. The van der Waals surface area contributed by atoms with Crippen LogP contribution in [0, 0.1) is 5.92 Å². The van der Waals surface area contributed by atoms with Crippen LogP contribution in [-0.2, 0) is 11.2 Å². The number of hydrogen-bond donors (Lipinski definition) is 0. The third-order valence-electron chi connectivity index (χ3n) is 5.17. The van der Waals surface area contributed by atoms with Crippen molar-refractivity contribution in [1.29, 1.82) is 0 Å². The summed E-state index contributed by atoms with van der Waals surface area (Å²) in [4.78, 5) is 14.7. The number of aryl methyl sites for hydroxylation is 1. The Labute approximate surface area is 165 Å². The molecule has 0 bridgehead atoms. The van der Waals surface area contributed by atoms with Crippen LogP contribution in [0.3, 0.4) is 0 Å². The highest BCUT2D eigenvalue weighted by atomic mass is 32.2. The molecular weight excluding hydrogens is 358 g/mol. The minimum atomic E-state index is -0.202. The van der Waals surface area contributed by atoms with Crippen LogP contribution in [0.15, 0.2) is 29.4 Å². The molecule has 1 aromatic heterocycles. The summed E-state index contributed by atoms with van der Waals surface area (Å²) in [5.41, 5.74) is 2.25. The molecule has 1 aliphatic rings. The number of nitrogens with zero attached hydrogens (tertiary/aromatic N) is 5. The van der Waals surface area contributed by atoms with E-state index in [9.17, 15) is 4.79 Å². The van der Waals surface area contributed by atoms with Crippen LogP contribution in [0.5, 0.6) is 0 Å². The standard InChI is InChI=1S/C20H29N5OS/c1-4-5-6-17-7-9-18(10-8-17)25-20(21-22-23-25)27-16(3)19(26)24-13-11-15(2)12-14-24/h7-10,15-16H,4-6,11-14H2,1-3H3. The van der Waals surface area contributed by atoms with Gasteiger partial charge in [-0.25, -0.2) is 0 Å². The molecule has 6 nitrogen and oxygen atoms in total. The zero-order valence-electron chi connectivity index (χ0n) is 16.5. The number of piperidine rings is 1. The number of hydrogen-bond acceptors (Lipinski definition) is 5. The first-order valence-electron chi connectivity index (χ1n) is 9.91. The molecule has 2 heterocycles. The summed E-state index contributed by atoms with van der Waals surface area (Å²) in [5, 5.41) is 12.5. The lowest BCUT2D eigenvalue weighted by Gasteiger charge is -2.31. The average molecular weight is 388 g/mol. The van der Waals surface area contributed by atoms with Crippen molar-refractivity contribution < 1.29 is 4.79 Å². The fourth-order valence-corrected chi connectivity index (χ4v) is 4.19. The van der Waals surface area contributed by atoms with Gasteiger partial charge in [0.1, 0.15) is 0 Å². The van der Waals surface area contributed by atoms with E-state index in [0.717, 1.165) is 38.0 Å². The summed E-state index contributed by atoms with van der Waals surface area (Å²) >= 11 is 1.43. The van der Waals surface area contributed by atoms with Crippen molar-refractivity contribution in [2.75, 3.05) is 13.1 Å². The average Bonchev–Trinajstić information content (AvgIpc) is 3.15. The van der Waals surface area contributed by atoms with E-state index in [1.165, 1.54) is 30.2 Å². The summed E-state index contributed by atoms with van der Waals surface area (Å²) in [5.74, 6) is 0.890. The first-order valence-corrected chi connectivity index (χ1v) is 10.8. The van der Waals surface area contributed by atoms with Gasteiger partial charge in [-0.1, -0.05) is 44.2 Å². The van der Waals surface area contributed by atoms with Gasteiger partial charge in [0.25, 0.3) is 0 Å². The van der Waals surface area contributed by atoms with E-state index in [4.69, 9.17) is 0 Å². The maximum absolute atomic E-state index is 12.8. The highest BCUT2D eigenvalue weighted by molar-refractivity contribution is 8.00. The van der Waals surface area contributed by atoms with Crippen LogP contribution in [0.25, 0.3) is 5.69 Å². The molecular formula is C20H29N5OS. The first-order chi connectivity index (χ1) is 13.1. The molecule has 1 atom stereocenters. The summed E-state index contributed by atoms with van der Waals surface area (Å²) in [6.07, 6.45) is 5.65. The van der Waals surface area contributed by atoms with Gasteiger partial charge in [0.05, 0.1) is 10.9 Å². The van der Waals surface area contributed by atoms with Gasteiger partial charge in [0.15, 0.2) is 0 Å². The first kappa shape index (κ1) is 19.9. The third kappa shape index (κ3) is 5.09. The number of tetrazole rings is 1. The number of benzene rings is 1. The quantitative estimate of drug-likeness (QED) is 0.677. The van der Waals surface area contributed by atoms with E-state index in [1.807, 2.05) is 24.0 Å². The molecule has 0 aliphatic carbocycles. The van der Waals surface area contributed by atoms with E-state index >= 15 is 0 Å². The molecule has 1 amide bonds. The number of carbonyl (C=O) groups excluding carboxylic acids is 1. The van der Waals surface area contributed by atoms with Gasteiger partial charge in [-0.15, -0.1) is 5.10 Å². The zero-order valence-corrected chi connectivity index (χ0v) is 17.3. The van der Waals surface area contributed by atoms with Crippen molar-refractivity contribution in [2.45, 2.75) is 63.3 Å². The van der Waals surface area contributed by atoms with Crippen LogP contribution in [0.4, 0.5) is 0 Å². The Morgan fingerprint density at radius 1 is 1.26 bits per heavy atom. The maximum Gasteiger partial charge on any atom is 0.235 e. The number of aromatic nitrogens is 4. The van der Waals surface area contributed by atoms with E-state index in [1.54, 1.807) is 4.68 Å². The Balaban J connectivity index is 1.65. The molecule has 2 aromatic rings. The van der Waals surface area contributed by atoms with E-state index in [2.05, 4.69) is 41.5 Å². The summed E-state index contributed by atoms with van der Waals surface area (Å²) in [6, 6.07) is 8.35. The van der Waals surface area contributed by atoms with Gasteiger partial charge in [0, 0.05) is 13.1 Å². The van der Waals surface area contributed by atoms with Crippen molar-refractivity contribution in [1.82, 2.24) is 25.1 Å². The largest absolute Gasteiger partial charge is 0.342 e. The minimum absolute atomic E-state index is 0.177. The lowest BCUT2D eigenvalue weighted by atomic mass is 9.99. The van der Waals surface area contributed by atoms with Crippen molar-refractivity contribution in [3.05, 3.63) is 29.8 Å². The molecule has 27 heavy (non-hydrogen) atoms. The molecule has 0 saturated carbocycles. The number of thioether (sulfide) groups is 1. The number of unbranched alkanes of at least 4 members (excludes halogenated alkanes) is 1. The zero-order chi connectivity index (χ0) is 19.2. The number of rotatable bonds is 7. The number of amides is 1. The Morgan fingerprint density at radius 3 is 2.63 bits per heavy atom. The smallest absolute Gasteiger partial charge is 0.235 e. The van der Waals surface area contributed by atoms with Crippen LogP contribution >= 0.6 is 11.8 Å². The normalized spacial score (nSPS) is 16.5. The van der Waals surface area contributed by atoms with E-state index < -0.39 is 0 Å². The molecule has 3 rings (SSSR count). The van der Waals surface area contributed by atoms with Gasteiger partial charge in [-0.05, 0) is 66.6 Å². The molecule has 1 aromatic carbocycles. The Kier molecular flexibility index (Phi) is 6.88. The molecule has 7 heteroatoms. The number of likely N-dealkylation sites (tertiary alicyclic amines) is 1. The molecule has 0 N–H and O–H groups in total. The molecule has 1 fully saturated rings. The summed E-state index contributed by atoms with van der Waals surface area (Å²) < 4.78 is 1.72. The predicted octanol–water partition coefficient (Wildman–Crippen LogP) is 3.74. The molecule has 146 valence electrons. The van der Waals surface area contributed by atoms with Crippen LogP contribution in [-0.4, -0.2) is 49.4 Å².